The molecule has 0 fully saturated rings. The van der Waals surface area contributed by atoms with Crippen LogP contribution in [0.25, 0.3) is 11.3 Å². The van der Waals surface area contributed by atoms with E-state index in [0.29, 0.717) is 16.0 Å². The van der Waals surface area contributed by atoms with Crippen LogP contribution in [0, 0.1) is 13.8 Å². The van der Waals surface area contributed by atoms with Gasteiger partial charge in [0, 0.05) is 18.2 Å². The maximum atomic E-state index is 11.5. The van der Waals surface area contributed by atoms with Crippen LogP contribution in [0.4, 0.5) is 11.1 Å². The fraction of sp³-hybridized carbons (Fsp3) is 0.176. The zero-order valence-electron chi connectivity index (χ0n) is 13.1. The molecule has 0 aliphatic heterocycles. The van der Waals surface area contributed by atoms with Crippen molar-refractivity contribution in [2.45, 2.75) is 20.8 Å². The summed E-state index contributed by atoms with van der Waals surface area (Å²) < 4.78 is 0. The number of Topliss-reactive ketones (excluding diaryl/α,β-unsaturated/α-hetero) is 1. The van der Waals surface area contributed by atoms with Crippen molar-refractivity contribution >= 4 is 28.2 Å². The summed E-state index contributed by atoms with van der Waals surface area (Å²) in [6, 6.07) is 11.9. The first-order valence-corrected chi connectivity index (χ1v) is 8.01. The van der Waals surface area contributed by atoms with E-state index in [9.17, 15) is 4.79 Å². The number of hydrogen-bond donors (Lipinski definition) is 1. The second-order valence-electron chi connectivity index (χ2n) is 5.20. The van der Waals surface area contributed by atoms with Crippen molar-refractivity contribution < 1.29 is 4.79 Å². The summed E-state index contributed by atoms with van der Waals surface area (Å²) in [5.41, 5.74) is 3.46. The Morgan fingerprint density at radius 2 is 1.83 bits per heavy atom. The number of aromatic nitrogens is 3. The van der Waals surface area contributed by atoms with Gasteiger partial charge in [0.05, 0.1) is 16.3 Å². The molecular weight excluding hydrogens is 308 g/mol. The lowest BCUT2D eigenvalue weighted by Gasteiger charge is -2.06. The van der Waals surface area contributed by atoms with Crippen LogP contribution in [-0.4, -0.2) is 20.7 Å². The molecule has 0 spiro atoms. The zero-order chi connectivity index (χ0) is 16.4. The van der Waals surface area contributed by atoms with E-state index in [1.165, 1.54) is 11.3 Å². The summed E-state index contributed by atoms with van der Waals surface area (Å²) in [5.74, 6) is 0.496. The van der Waals surface area contributed by atoms with Gasteiger partial charge in [-0.15, -0.1) is 0 Å². The van der Waals surface area contributed by atoms with Crippen LogP contribution in [-0.2, 0) is 0 Å². The monoisotopic (exact) mass is 324 g/mol. The first-order chi connectivity index (χ1) is 11.0. The largest absolute Gasteiger partial charge is 0.300 e. The van der Waals surface area contributed by atoms with Crippen molar-refractivity contribution in [3.8, 4) is 11.3 Å². The van der Waals surface area contributed by atoms with E-state index in [0.717, 1.165) is 22.6 Å². The van der Waals surface area contributed by atoms with E-state index < -0.39 is 0 Å². The van der Waals surface area contributed by atoms with E-state index in [2.05, 4.69) is 20.3 Å². The van der Waals surface area contributed by atoms with E-state index in [1.54, 1.807) is 6.92 Å². The number of benzene rings is 1. The predicted octanol–water partition coefficient (Wildman–Crippen LogP) is 4.16. The molecule has 3 aromatic rings. The van der Waals surface area contributed by atoms with E-state index in [4.69, 9.17) is 0 Å². The fourth-order valence-electron chi connectivity index (χ4n) is 2.25. The molecule has 0 saturated heterocycles. The van der Waals surface area contributed by atoms with Gasteiger partial charge in [-0.05, 0) is 19.9 Å². The summed E-state index contributed by atoms with van der Waals surface area (Å²) >= 11 is 1.32. The van der Waals surface area contributed by atoms with Crippen molar-refractivity contribution in [3.05, 3.63) is 52.7 Å². The van der Waals surface area contributed by atoms with Crippen LogP contribution >= 0.6 is 11.3 Å². The summed E-state index contributed by atoms with van der Waals surface area (Å²) in [7, 11) is 0. The molecule has 2 heterocycles. The van der Waals surface area contributed by atoms with Crippen LogP contribution in [0.3, 0.4) is 0 Å². The normalized spacial score (nSPS) is 10.6. The van der Waals surface area contributed by atoms with Gasteiger partial charge in [0.15, 0.2) is 10.9 Å². The fourth-order valence-corrected chi connectivity index (χ4v) is 3.11. The molecule has 0 aliphatic carbocycles. The van der Waals surface area contributed by atoms with Gasteiger partial charge in [-0.3, -0.25) is 10.1 Å². The Balaban J connectivity index is 1.93. The van der Waals surface area contributed by atoms with Crippen molar-refractivity contribution in [1.82, 2.24) is 15.0 Å². The molecular formula is C17H16N4OS. The Bertz CT molecular complexity index is 858. The number of thiazole rings is 1. The molecule has 0 atom stereocenters. The summed E-state index contributed by atoms with van der Waals surface area (Å²) in [6.45, 7) is 5.29. The van der Waals surface area contributed by atoms with Crippen molar-refractivity contribution in [3.63, 3.8) is 0 Å². The minimum atomic E-state index is 0.0168. The average Bonchev–Trinajstić information content (AvgIpc) is 2.88. The second kappa shape index (κ2) is 6.26. The number of carbonyl (C=O) groups is 1. The van der Waals surface area contributed by atoms with Gasteiger partial charge in [-0.25, -0.2) is 15.0 Å². The Kier molecular flexibility index (Phi) is 4.16. The van der Waals surface area contributed by atoms with Crippen molar-refractivity contribution in [2.75, 3.05) is 5.32 Å². The SMILES string of the molecule is CC(=O)c1sc(Nc2nc(C)cc(-c3ccccc3)n2)nc1C. The Labute approximate surface area is 138 Å². The Morgan fingerprint density at radius 1 is 1.09 bits per heavy atom. The molecule has 23 heavy (non-hydrogen) atoms. The molecule has 1 N–H and O–H groups in total. The van der Waals surface area contributed by atoms with Crippen molar-refractivity contribution in [1.29, 1.82) is 0 Å². The molecule has 0 aliphatic rings. The Hall–Kier alpha value is -2.60. The van der Waals surface area contributed by atoms with Gasteiger partial charge in [-0.2, -0.15) is 0 Å². The molecule has 0 bridgehead atoms. The third-order valence-corrected chi connectivity index (χ3v) is 4.43. The number of carbonyl (C=O) groups excluding carboxylic acids is 1. The van der Waals surface area contributed by atoms with E-state index in [-0.39, 0.29) is 5.78 Å². The molecule has 5 nitrogen and oxygen atoms in total. The first kappa shape index (κ1) is 15.3. The molecule has 0 amide bonds. The number of ketones is 1. The van der Waals surface area contributed by atoms with Gasteiger partial charge in [0.25, 0.3) is 0 Å². The summed E-state index contributed by atoms with van der Waals surface area (Å²) in [5, 5.41) is 3.73. The van der Waals surface area contributed by atoms with E-state index >= 15 is 0 Å². The van der Waals surface area contributed by atoms with Crippen LogP contribution in [0.1, 0.15) is 28.0 Å². The van der Waals surface area contributed by atoms with Crippen molar-refractivity contribution in [2.24, 2.45) is 0 Å². The summed E-state index contributed by atoms with van der Waals surface area (Å²) in [4.78, 5) is 25.5. The average molecular weight is 324 g/mol. The van der Waals surface area contributed by atoms with Gasteiger partial charge in [-0.1, -0.05) is 41.7 Å². The smallest absolute Gasteiger partial charge is 0.229 e. The third-order valence-electron chi connectivity index (χ3n) is 3.26. The quantitative estimate of drug-likeness (QED) is 0.730. The molecule has 1 aromatic carbocycles. The lowest BCUT2D eigenvalue weighted by molar-refractivity contribution is 0.102. The standard InChI is InChI=1S/C17H16N4OS/c1-10-9-14(13-7-5-4-6-8-13)20-16(18-10)21-17-19-11(2)15(23-17)12(3)22/h4-9H,1-3H3,(H,18,19,20,21). The molecule has 3 rings (SSSR count). The molecule has 0 unspecified atom stereocenters. The maximum absolute atomic E-state index is 11.5. The highest BCUT2D eigenvalue weighted by atomic mass is 32.1. The third kappa shape index (κ3) is 3.43. The number of rotatable bonds is 4. The van der Waals surface area contributed by atoms with Crippen LogP contribution in [0.2, 0.25) is 0 Å². The minimum absolute atomic E-state index is 0.0168. The van der Waals surface area contributed by atoms with Crippen LogP contribution in [0.5, 0.6) is 0 Å². The highest BCUT2D eigenvalue weighted by Crippen LogP contribution is 2.26. The predicted molar refractivity (Wildman–Crippen MR) is 92.3 cm³/mol. The van der Waals surface area contributed by atoms with Gasteiger partial charge < -0.3 is 0 Å². The molecule has 6 heteroatoms. The van der Waals surface area contributed by atoms with Gasteiger partial charge in [0.1, 0.15) is 0 Å². The van der Waals surface area contributed by atoms with Crippen LogP contribution in [0.15, 0.2) is 36.4 Å². The highest BCUT2D eigenvalue weighted by Gasteiger charge is 2.13. The van der Waals surface area contributed by atoms with E-state index in [1.807, 2.05) is 50.2 Å². The lowest BCUT2D eigenvalue weighted by Crippen LogP contribution is -1.99. The topological polar surface area (TPSA) is 67.8 Å². The maximum Gasteiger partial charge on any atom is 0.229 e. The zero-order valence-corrected chi connectivity index (χ0v) is 13.9. The first-order valence-electron chi connectivity index (χ1n) is 7.19. The molecule has 116 valence electrons. The number of anilines is 2. The number of aryl methyl sites for hydroxylation is 2. The number of nitrogens with one attached hydrogen (secondary N) is 1. The lowest BCUT2D eigenvalue weighted by atomic mass is 10.1. The highest BCUT2D eigenvalue weighted by molar-refractivity contribution is 7.17. The number of hydrogen-bond acceptors (Lipinski definition) is 6. The molecule has 0 radical (unpaired) electrons. The van der Waals surface area contributed by atoms with Crippen LogP contribution < -0.4 is 5.32 Å². The molecule has 2 aromatic heterocycles. The second-order valence-corrected chi connectivity index (χ2v) is 6.20. The molecule has 0 saturated carbocycles. The number of nitrogens with zero attached hydrogens (tertiary/aromatic N) is 3. The van der Waals surface area contributed by atoms with Gasteiger partial charge in [0.2, 0.25) is 5.95 Å². The summed E-state index contributed by atoms with van der Waals surface area (Å²) in [6.07, 6.45) is 0. The van der Waals surface area contributed by atoms with Gasteiger partial charge >= 0.3 is 0 Å². The minimum Gasteiger partial charge on any atom is -0.300 e. The Morgan fingerprint density at radius 3 is 2.48 bits per heavy atom.